The number of carboxylic acid groups (broad SMARTS) is 1. The van der Waals surface area contributed by atoms with Gasteiger partial charge in [0.25, 0.3) is 0 Å². The maximum atomic E-state index is 10.6. The summed E-state index contributed by atoms with van der Waals surface area (Å²) in [5, 5.41) is 8.70. The molecular formula is C23H26O5. The van der Waals surface area contributed by atoms with Crippen LogP contribution in [-0.2, 0) is 19.9 Å². The Morgan fingerprint density at radius 2 is 1.75 bits per heavy atom. The number of fused-ring (bicyclic) bond motifs is 3. The third-order valence-corrected chi connectivity index (χ3v) is 6.11. The van der Waals surface area contributed by atoms with Gasteiger partial charge in [-0.3, -0.25) is 0 Å². The highest BCUT2D eigenvalue weighted by molar-refractivity contribution is 5.67. The number of aliphatic carboxylic acids is 1. The summed E-state index contributed by atoms with van der Waals surface area (Å²) in [5.41, 5.74) is 1.06. The first-order valence-corrected chi connectivity index (χ1v) is 9.86. The first-order chi connectivity index (χ1) is 13.6. The quantitative estimate of drug-likeness (QED) is 0.667. The summed E-state index contributed by atoms with van der Waals surface area (Å²) in [6.07, 6.45) is 4.95. The summed E-state index contributed by atoms with van der Waals surface area (Å²) >= 11 is 0. The normalized spacial score (nSPS) is 26.1. The van der Waals surface area contributed by atoms with E-state index in [-0.39, 0.29) is 17.6 Å². The molecule has 2 aliphatic heterocycles. The van der Waals surface area contributed by atoms with Crippen molar-refractivity contribution in [2.75, 3.05) is 19.8 Å². The summed E-state index contributed by atoms with van der Waals surface area (Å²) in [6.45, 7) is 0.950. The molecule has 0 unspecified atom stereocenters. The molecule has 148 valence electrons. The van der Waals surface area contributed by atoms with Crippen LogP contribution in [0, 0.1) is 5.41 Å². The first-order valence-electron chi connectivity index (χ1n) is 9.86. The smallest absolute Gasteiger partial charge is 0.329 e. The average molecular weight is 382 g/mol. The van der Waals surface area contributed by atoms with Gasteiger partial charge in [-0.1, -0.05) is 30.3 Å². The summed E-state index contributed by atoms with van der Waals surface area (Å²) in [5.74, 6) is 0.731. The van der Waals surface area contributed by atoms with Crippen molar-refractivity contribution in [2.24, 2.45) is 5.41 Å². The first kappa shape index (κ1) is 19.0. The minimum absolute atomic E-state index is 0.123. The second-order valence-corrected chi connectivity index (χ2v) is 7.92. The van der Waals surface area contributed by atoms with Gasteiger partial charge in [0.15, 0.2) is 0 Å². The molecule has 3 fully saturated rings. The maximum absolute atomic E-state index is 10.6. The summed E-state index contributed by atoms with van der Waals surface area (Å²) < 4.78 is 17.7. The van der Waals surface area contributed by atoms with Gasteiger partial charge in [0.05, 0.1) is 12.2 Å². The van der Waals surface area contributed by atoms with E-state index < -0.39 is 5.97 Å². The van der Waals surface area contributed by atoms with Crippen molar-refractivity contribution in [3.8, 4) is 11.5 Å². The molecule has 28 heavy (non-hydrogen) atoms. The number of ether oxygens (including phenoxy) is 3. The fourth-order valence-corrected chi connectivity index (χ4v) is 4.37. The molecule has 2 aromatic rings. The maximum Gasteiger partial charge on any atom is 0.329 e. The molecule has 5 nitrogen and oxygen atoms in total. The Kier molecular flexibility index (Phi) is 5.38. The lowest BCUT2D eigenvalue weighted by Gasteiger charge is -2.53. The van der Waals surface area contributed by atoms with Crippen LogP contribution in [-0.4, -0.2) is 30.9 Å². The second kappa shape index (κ2) is 7.94. The highest BCUT2D eigenvalue weighted by Gasteiger charge is 2.50. The molecule has 2 saturated heterocycles. The monoisotopic (exact) mass is 382 g/mol. The second-order valence-electron chi connectivity index (χ2n) is 7.92. The Labute approximate surface area is 165 Å². The Morgan fingerprint density at radius 3 is 2.43 bits per heavy atom. The standard InChI is InChI=1S/C23H26O5/c24-21(25)16-26-14-13-22-9-11-23(12-10-22,27-17-22)18-5-4-8-20(15-18)28-19-6-2-1-3-7-19/h1-8,15H,9-14,16-17H2,(H,24,25). The fraction of sp³-hybridized carbons (Fsp3) is 0.435. The number of carboxylic acids is 1. The van der Waals surface area contributed by atoms with Gasteiger partial charge < -0.3 is 19.3 Å². The number of para-hydroxylation sites is 1. The van der Waals surface area contributed by atoms with Crippen LogP contribution in [0.4, 0.5) is 0 Å². The van der Waals surface area contributed by atoms with Crippen LogP contribution in [0.5, 0.6) is 11.5 Å². The van der Waals surface area contributed by atoms with Crippen molar-refractivity contribution in [1.29, 1.82) is 0 Å². The van der Waals surface area contributed by atoms with E-state index in [9.17, 15) is 4.79 Å². The van der Waals surface area contributed by atoms with Crippen molar-refractivity contribution in [3.63, 3.8) is 0 Å². The van der Waals surface area contributed by atoms with Crippen molar-refractivity contribution in [1.82, 2.24) is 0 Å². The van der Waals surface area contributed by atoms with Gasteiger partial charge in [-0.15, -0.1) is 0 Å². The van der Waals surface area contributed by atoms with Crippen LogP contribution in [0.15, 0.2) is 54.6 Å². The van der Waals surface area contributed by atoms with E-state index in [0.717, 1.165) is 43.6 Å². The van der Waals surface area contributed by atoms with Crippen LogP contribution < -0.4 is 4.74 Å². The highest BCUT2D eigenvalue weighted by atomic mass is 16.5. The number of carbonyl (C=O) groups is 1. The van der Waals surface area contributed by atoms with Gasteiger partial charge >= 0.3 is 5.97 Å². The highest BCUT2D eigenvalue weighted by Crippen LogP contribution is 2.55. The van der Waals surface area contributed by atoms with Crippen LogP contribution in [0.25, 0.3) is 0 Å². The Morgan fingerprint density at radius 1 is 1.00 bits per heavy atom. The molecule has 3 aliphatic rings. The molecule has 2 bridgehead atoms. The van der Waals surface area contributed by atoms with E-state index >= 15 is 0 Å². The van der Waals surface area contributed by atoms with Gasteiger partial charge in [0, 0.05) is 6.61 Å². The zero-order valence-electron chi connectivity index (χ0n) is 15.9. The molecule has 5 heteroatoms. The van der Waals surface area contributed by atoms with Crippen LogP contribution in [0.2, 0.25) is 0 Å². The van der Waals surface area contributed by atoms with Crippen molar-refractivity contribution >= 4 is 5.97 Å². The summed E-state index contributed by atoms with van der Waals surface area (Å²) in [4.78, 5) is 10.6. The van der Waals surface area contributed by atoms with Gasteiger partial charge in [-0.25, -0.2) is 4.79 Å². The molecule has 2 heterocycles. The molecule has 1 N–H and O–H groups in total. The SMILES string of the molecule is O=C(O)COCCC12CCC(c3cccc(Oc4ccccc4)c3)(CC1)OC2. The third kappa shape index (κ3) is 4.05. The van der Waals surface area contributed by atoms with E-state index in [1.807, 2.05) is 42.5 Å². The molecule has 1 aliphatic carbocycles. The summed E-state index contributed by atoms with van der Waals surface area (Å²) in [6, 6.07) is 18.0. The average Bonchev–Trinajstić information content (AvgIpc) is 2.74. The largest absolute Gasteiger partial charge is 0.480 e. The van der Waals surface area contributed by atoms with Crippen LogP contribution in [0.1, 0.15) is 37.7 Å². The topological polar surface area (TPSA) is 65.0 Å². The molecule has 0 radical (unpaired) electrons. The zero-order valence-corrected chi connectivity index (χ0v) is 15.9. The van der Waals surface area contributed by atoms with Crippen molar-refractivity contribution in [2.45, 2.75) is 37.7 Å². The van der Waals surface area contributed by atoms with E-state index in [0.29, 0.717) is 13.2 Å². The van der Waals surface area contributed by atoms with Crippen molar-refractivity contribution < 1.29 is 24.1 Å². The van der Waals surface area contributed by atoms with E-state index in [1.54, 1.807) is 0 Å². The lowest BCUT2D eigenvalue weighted by Crippen LogP contribution is -2.49. The molecule has 5 rings (SSSR count). The number of benzene rings is 2. The van der Waals surface area contributed by atoms with E-state index in [1.165, 1.54) is 5.56 Å². The predicted octanol–water partition coefficient (Wildman–Crippen LogP) is 4.76. The summed E-state index contributed by atoms with van der Waals surface area (Å²) in [7, 11) is 0. The Balaban J connectivity index is 1.40. The Hall–Kier alpha value is -2.37. The van der Waals surface area contributed by atoms with Gasteiger partial charge in [-0.2, -0.15) is 0 Å². The molecular weight excluding hydrogens is 356 g/mol. The third-order valence-electron chi connectivity index (χ3n) is 6.11. The molecule has 0 amide bonds. The molecule has 2 aromatic carbocycles. The van der Waals surface area contributed by atoms with Gasteiger partial charge in [-0.05, 0) is 67.3 Å². The lowest BCUT2D eigenvalue weighted by atomic mass is 9.63. The van der Waals surface area contributed by atoms with Crippen molar-refractivity contribution in [3.05, 3.63) is 60.2 Å². The molecule has 0 aromatic heterocycles. The Bertz CT molecular complexity index is 792. The molecule has 0 atom stereocenters. The zero-order chi connectivity index (χ0) is 19.5. The van der Waals surface area contributed by atoms with Gasteiger partial charge in [0.1, 0.15) is 18.1 Å². The molecule has 1 saturated carbocycles. The van der Waals surface area contributed by atoms with Crippen LogP contribution in [0.3, 0.4) is 0 Å². The number of hydrogen-bond acceptors (Lipinski definition) is 4. The minimum atomic E-state index is -0.919. The predicted molar refractivity (Wildman–Crippen MR) is 105 cm³/mol. The minimum Gasteiger partial charge on any atom is -0.480 e. The number of rotatable bonds is 8. The number of hydrogen-bond donors (Lipinski definition) is 1. The molecule has 0 spiro atoms. The van der Waals surface area contributed by atoms with Gasteiger partial charge in [0.2, 0.25) is 0 Å². The van der Waals surface area contributed by atoms with E-state index in [4.69, 9.17) is 19.3 Å². The van der Waals surface area contributed by atoms with E-state index in [2.05, 4.69) is 12.1 Å². The van der Waals surface area contributed by atoms with Crippen LogP contribution >= 0.6 is 0 Å². The lowest BCUT2D eigenvalue weighted by molar-refractivity contribution is -0.194. The fourth-order valence-electron chi connectivity index (χ4n) is 4.37.